The molecule has 1 fully saturated rings. The van der Waals surface area contributed by atoms with Crippen molar-refractivity contribution in [2.24, 2.45) is 11.7 Å². The molecule has 9 heteroatoms. The first-order chi connectivity index (χ1) is 9.70. The van der Waals surface area contributed by atoms with Crippen LogP contribution in [-0.4, -0.2) is 38.6 Å². The summed E-state index contributed by atoms with van der Waals surface area (Å²) in [5.41, 5.74) is 5.33. The summed E-state index contributed by atoms with van der Waals surface area (Å²) < 4.78 is 23.7. The Morgan fingerprint density at radius 3 is 2.62 bits per heavy atom. The van der Waals surface area contributed by atoms with Gasteiger partial charge in [0.05, 0.1) is 21.4 Å². The number of carbonyl (C=O) groups is 1. The zero-order valence-corrected chi connectivity index (χ0v) is 12.2. The van der Waals surface area contributed by atoms with Crippen LogP contribution in [0.25, 0.3) is 0 Å². The second-order valence-corrected chi connectivity index (χ2v) is 7.00. The van der Waals surface area contributed by atoms with E-state index in [0.717, 1.165) is 12.3 Å². The molecule has 2 N–H and O–H groups in total. The summed E-state index contributed by atoms with van der Waals surface area (Å²) >= 11 is 0. The summed E-state index contributed by atoms with van der Waals surface area (Å²) in [5.74, 6) is -0.770. The van der Waals surface area contributed by atoms with Gasteiger partial charge in [-0.05, 0) is 12.5 Å². The quantitative estimate of drug-likeness (QED) is 0.630. The molecule has 1 aromatic carbocycles. The fraction of sp³-hybridized carbons (Fsp3) is 0.417. The Morgan fingerprint density at radius 1 is 1.48 bits per heavy atom. The molecular formula is C12H15N3O5S. The van der Waals surface area contributed by atoms with Gasteiger partial charge in [0.25, 0.3) is 5.69 Å². The predicted octanol–water partition coefficient (Wildman–Crippen LogP) is 0.310. The molecule has 0 bridgehead atoms. The standard InChI is InChI=1S/C12H15N3O5S/c1-21(19,20)11-6-9(15(17)18)2-3-10(11)14-5-4-8(7-14)12(13)16/h2-3,6,8H,4-5,7H2,1H3,(H2,13,16). The summed E-state index contributed by atoms with van der Waals surface area (Å²) in [4.78, 5) is 22.9. The number of nitro benzene ring substituents is 1. The van der Waals surface area contributed by atoms with Gasteiger partial charge in [0.2, 0.25) is 5.91 Å². The molecule has 21 heavy (non-hydrogen) atoms. The minimum Gasteiger partial charge on any atom is -0.370 e. The summed E-state index contributed by atoms with van der Waals surface area (Å²) in [6.45, 7) is 0.795. The lowest BCUT2D eigenvalue weighted by molar-refractivity contribution is -0.385. The number of nitrogens with zero attached hydrogens (tertiary/aromatic N) is 2. The van der Waals surface area contributed by atoms with Crippen LogP contribution in [-0.2, 0) is 14.6 Å². The number of benzene rings is 1. The fourth-order valence-electron chi connectivity index (χ4n) is 2.39. The minimum atomic E-state index is -3.63. The molecule has 1 saturated heterocycles. The number of anilines is 1. The molecule has 2 rings (SSSR count). The van der Waals surface area contributed by atoms with Gasteiger partial charge in [0, 0.05) is 31.5 Å². The van der Waals surface area contributed by atoms with Crippen LogP contribution in [0.2, 0.25) is 0 Å². The maximum Gasteiger partial charge on any atom is 0.270 e. The van der Waals surface area contributed by atoms with Crippen LogP contribution in [0.3, 0.4) is 0 Å². The van der Waals surface area contributed by atoms with Gasteiger partial charge in [-0.1, -0.05) is 0 Å². The third kappa shape index (κ3) is 3.13. The molecular weight excluding hydrogens is 298 g/mol. The number of sulfone groups is 1. The first-order valence-electron chi connectivity index (χ1n) is 6.23. The molecule has 8 nitrogen and oxygen atoms in total. The molecule has 114 valence electrons. The molecule has 1 atom stereocenters. The average molecular weight is 313 g/mol. The lowest BCUT2D eigenvalue weighted by Gasteiger charge is -2.20. The van der Waals surface area contributed by atoms with E-state index in [4.69, 9.17) is 5.73 Å². The van der Waals surface area contributed by atoms with Crippen molar-refractivity contribution in [3.63, 3.8) is 0 Å². The maximum absolute atomic E-state index is 11.9. The molecule has 0 aliphatic carbocycles. The first kappa shape index (κ1) is 15.2. The third-order valence-electron chi connectivity index (χ3n) is 3.48. The number of nitrogens with two attached hydrogens (primary N) is 1. The number of hydrogen-bond acceptors (Lipinski definition) is 6. The summed E-state index contributed by atoms with van der Waals surface area (Å²) in [6, 6.07) is 3.70. The second-order valence-electron chi connectivity index (χ2n) is 5.02. The van der Waals surface area contributed by atoms with Crippen LogP contribution in [0, 0.1) is 16.0 Å². The van der Waals surface area contributed by atoms with Crippen molar-refractivity contribution in [3.05, 3.63) is 28.3 Å². The molecule has 1 amide bonds. The highest BCUT2D eigenvalue weighted by atomic mass is 32.2. The van der Waals surface area contributed by atoms with Gasteiger partial charge in [-0.25, -0.2) is 8.42 Å². The van der Waals surface area contributed by atoms with Crippen LogP contribution in [0.15, 0.2) is 23.1 Å². The number of carbonyl (C=O) groups excluding carboxylic acids is 1. The predicted molar refractivity (Wildman–Crippen MR) is 75.7 cm³/mol. The molecule has 0 spiro atoms. The zero-order chi connectivity index (χ0) is 15.8. The Hall–Kier alpha value is -2.16. The Morgan fingerprint density at radius 2 is 2.14 bits per heavy atom. The lowest BCUT2D eigenvalue weighted by atomic mass is 10.1. The summed E-state index contributed by atoms with van der Waals surface area (Å²) in [6.07, 6.45) is 1.53. The Labute approximate surface area is 121 Å². The van der Waals surface area contributed by atoms with Crippen molar-refractivity contribution in [2.45, 2.75) is 11.3 Å². The van der Waals surface area contributed by atoms with E-state index in [0.29, 0.717) is 25.2 Å². The summed E-state index contributed by atoms with van der Waals surface area (Å²) in [7, 11) is -3.63. The van der Waals surface area contributed by atoms with Gasteiger partial charge >= 0.3 is 0 Å². The normalized spacial score (nSPS) is 18.7. The van der Waals surface area contributed by atoms with Crippen molar-refractivity contribution < 1.29 is 18.1 Å². The van der Waals surface area contributed by atoms with Crippen molar-refractivity contribution >= 4 is 27.1 Å². The zero-order valence-electron chi connectivity index (χ0n) is 11.4. The van der Waals surface area contributed by atoms with Gasteiger partial charge in [-0.2, -0.15) is 0 Å². The number of nitro groups is 1. The Balaban J connectivity index is 2.45. The third-order valence-corrected chi connectivity index (χ3v) is 4.61. The van der Waals surface area contributed by atoms with Crippen LogP contribution in [0.5, 0.6) is 0 Å². The number of primary amides is 1. The van der Waals surface area contributed by atoms with Crippen molar-refractivity contribution in [3.8, 4) is 0 Å². The van der Waals surface area contributed by atoms with Gasteiger partial charge in [-0.15, -0.1) is 0 Å². The molecule has 1 aliphatic heterocycles. The monoisotopic (exact) mass is 313 g/mol. The van der Waals surface area contributed by atoms with Gasteiger partial charge in [0.15, 0.2) is 9.84 Å². The van der Waals surface area contributed by atoms with Crippen LogP contribution in [0.1, 0.15) is 6.42 Å². The lowest BCUT2D eigenvalue weighted by Crippen LogP contribution is -2.28. The topological polar surface area (TPSA) is 124 Å². The second kappa shape index (κ2) is 5.32. The van der Waals surface area contributed by atoms with E-state index in [1.54, 1.807) is 4.90 Å². The summed E-state index contributed by atoms with van der Waals surface area (Å²) in [5, 5.41) is 10.8. The first-order valence-corrected chi connectivity index (χ1v) is 8.12. The average Bonchev–Trinajstić information content (AvgIpc) is 2.86. The van der Waals surface area contributed by atoms with E-state index < -0.39 is 20.7 Å². The number of non-ortho nitro benzene ring substituents is 1. The van der Waals surface area contributed by atoms with E-state index in [-0.39, 0.29) is 16.5 Å². The number of hydrogen-bond donors (Lipinski definition) is 1. The highest BCUT2D eigenvalue weighted by molar-refractivity contribution is 7.90. The molecule has 1 unspecified atom stereocenters. The maximum atomic E-state index is 11.9. The molecule has 0 saturated carbocycles. The SMILES string of the molecule is CS(=O)(=O)c1cc([N+](=O)[O-])ccc1N1CCC(C(N)=O)C1. The molecule has 1 heterocycles. The van der Waals surface area contributed by atoms with Crippen molar-refractivity contribution in [2.75, 3.05) is 24.2 Å². The highest BCUT2D eigenvalue weighted by Gasteiger charge is 2.30. The van der Waals surface area contributed by atoms with Crippen molar-refractivity contribution in [1.29, 1.82) is 0 Å². The molecule has 0 aromatic heterocycles. The molecule has 1 aromatic rings. The largest absolute Gasteiger partial charge is 0.370 e. The molecule has 0 radical (unpaired) electrons. The van der Waals surface area contributed by atoms with E-state index in [2.05, 4.69) is 0 Å². The minimum absolute atomic E-state index is 0.109. The van der Waals surface area contributed by atoms with Gasteiger partial charge < -0.3 is 10.6 Å². The van der Waals surface area contributed by atoms with Gasteiger partial charge in [-0.3, -0.25) is 14.9 Å². The Bertz CT molecular complexity index is 701. The van der Waals surface area contributed by atoms with Crippen LogP contribution >= 0.6 is 0 Å². The van der Waals surface area contributed by atoms with E-state index in [1.807, 2.05) is 0 Å². The highest BCUT2D eigenvalue weighted by Crippen LogP contribution is 2.32. The van der Waals surface area contributed by atoms with E-state index in [9.17, 15) is 23.3 Å². The van der Waals surface area contributed by atoms with E-state index >= 15 is 0 Å². The van der Waals surface area contributed by atoms with E-state index in [1.165, 1.54) is 12.1 Å². The van der Waals surface area contributed by atoms with Gasteiger partial charge in [0.1, 0.15) is 0 Å². The number of amides is 1. The smallest absolute Gasteiger partial charge is 0.270 e. The van der Waals surface area contributed by atoms with Crippen LogP contribution < -0.4 is 10.6 Å². The van der Waals surface area contributed by atoms with Crippen LogP contribution in [0.4, 0.5) is 11.4 Å². The van der Waals surface area contributed by atoms with Crippen molar-refractivity contribution in [1.82, 2.24) is 0 Å². The Kier molecular flexibility index (Phi) is 3.86. The molecule has 1 aliphatic rings. The fourth-order valence-corrected chi connectivity index (χ4v) is 3.30. The number of rotatable bonds is 4.